The van der Waals surface area contributed by atoms with Crippen LogP contribution < -0.4 is 10.5 Å². The van der Waals surface area contributed by atoms with Crippen LogP contribution in [-0.4, -0.2) is 0 Å². The van der Waals surface area contributed by atoms with Gasteiger partial charge in [0, 0.05) is 11.8 Å². The number of rotatable bonds is 2. The Kier molecular flexibility index (Phi) is 3.38. The Morgan fingerprint density at radius 3 is 2.11 bits per heavy atom. The smallest absolute Gasteiger partial charge is 0.416 e. The number of nitrogen functional groups attached to an aromatic ring is 1. The Hall–Kier alpha value is -2.17. The van der Waals surface area contributed by atoms with Gasteiger partial charge in [0.15, 0.2) is 0 Å². The number of benzene rings is 2. The molecule has 100 valence electrons. The van der Waals surface area contributed by atoms with Crippen molar-refractivity contribution in [1.82, 2.24) is 0 Å². The van der Waals surface area contributed by atoms with Crippen molar-refractivity contribution >= 4 is 5.69 Å². The van der Waals surface area contributed by atoms with Crippen molar-refractivity contribution in [2.45, 2.75) is 13.1 Å². The third kappa shape index (κ3) is 3.40. The molecule has 0 bridgehead atoms. The molecule has 0 fully saturated rings. The van der Waals surface area contributed by atoms with Crippen LogP contribution in [0, 0.1) is 6.92 Å². The van der Waals surface area contributed by atoms with E-state index in [0.29, 0.717) is 17.2 Å². The predicted octanol–water partition coefficient (Wildman–Crippen LogP) is 4.39. The Labute approximate surface area is 108 Å². The van der Waals surface area contributed by atoms with Crippen LogP contribution in [0.15, 0.2) is 42.5 Å². The topological polar surface area (TPSA) is 35.2 Å². The van der Waals surface area contributed by atoms with Gasteiger partial charge in [-0.05, 0) is 48.9 Å². The lowest BCUT2D eigenvalue weighted by atomic mass is 10.2. The first kappa shape index (κ1) is 13.3. The van der Waals surface area contributed by atoms with E-state index in [-0.39, 0.29) is 0 Å². The molecule has 5 heteroatoms. The lowest BCUT2D eigenvalue weighted by Crippen LogP contribution is -2.04. The molecular formula is C14H12F3NO. The summed E-state index contributed by atoms with van der Waals surface area (Å²) in [6.07, 6.45) is -4.34. The molecule has 0 aliphatic carbocycles. The van der Waals surface area contributed by atoms with Gasteiger partial charge >= 0.3 is 6.18 Å². The largest absolute Gasteiger partial charge is 0.457 e. The van der Waals surface area contributed by atoms with Crippen LogP contribution in [0.25, 0.3) is 0 Å². The molecule has 0 unspecified atom stereocenters. The molecule has 2 rings (SSSR count). The number of halogens is 3. The quantitative estimate of drug-likeness (QED) is 0.819. The fourth-order valence-electron chi connectivity index (χ4n) is 1.68. The highest BCUT2D eigenvalue weighted by Gasteiger charge is 2.30. The molecule has 0 spiro atoms. The highest BCUT2D eigenvalue weighted by atomic mass is 19.4. The van der Waals surface area contributed by atoms with Gasteiger partial charge in [-0.15, -0.1) is 0 Å². The fraction of sp³-hybridized carbons (Fsp3) is 0.143. The maximum atomic E-state index is 12.4. The molecule has 0 atom stereocenters. The second kappa shape index (κ2) is 4.84. The van der Waals surface area contributed by atoms with Crippen molar-refractivity contribution in [3.8, 4) is 11.5 Å². The van der Waals surface area contributed by atoms with Gasteiger partial charge in [-0.3, -0.25) is 0 Å². The highest BCUT2D eigenvalue weighted by molar-refractivity contribution is 5.48. The summed E-state index contributed by atoms with van der Waals surface area (Å²) < 4.78 is 42.6. The summed E-state index contributed by atoms with van der Waals surface area (Å²) >= 11 is 0. The summed E-state index contributed by atoms with van der Waals surface area (Å²) in [7, 11) is 0. The molecule has 2 aromatic rings. The van der Waals surface area contributed by atoms with Crippen LogP contribution >= 0.6 is 0 Å². The monoisotopic (exact) mass is 267 g/mol. The molecule has 0 saturated heterocycles. The van der Waals surface area contributed by atoms with Crippen LogP contribution in [0.1, 0.15) is 11.1 Å². The number of nitrogens with two attached hydrogens (primary N) is 1. The summed E-state index contributed by atoms with van der Waals surface area (Å²) in [6, 6.07) is 9.67. The van der Waals surface area contributed by atoms with Crippen molar-refractivity contribution in [1.29, 1.82) is 0 Å². The molecule has 2 aromatic carbocycles. The van der Waals surface area contributed by atoms with E-state index in [1.165, 1.54) is 12.1 Å². The molecule has 0 saturated carbocycles. The minimum atomic E-state index is -4.34. The summed E-state index contributed by atoms with van der Waals surface area (Å²) in [5, 5.41) is 0. The second-order valence-corrected chi connectivity index (χ2v) is 4.20. The molecule has 0 aliphatic rings. The first-order valence-corrected chi connectivity index (χ1v) is 5.57. The van der Waals surface area contributed by atoms with Crippen molar-refractivity contribution in [2.24, 2.45) is 0 Å². The molecule has 2 N–H and O–H groups in total. The van der Waals surface area contributed by atoms with Gasteiger partial charge in [-0.1, -0.05) is 0 Å². The van der Waals surface area contributed by atoms with Gasteiger partial charge in [0.2, 0.25) is 0 Å². The maximum Gasteiger partial charge on any atom is 0.416 e. The zero-order valence-corrected chi connectivity index (χ0v) is 10.2. The van der Waals surface area contributed by atoms with E-state index in [1.807, 2.05) is 6.92 Å². The minimum absolute atomic E-state index is 0.331. The van der Waals surface area contributed by atoms with Gasteiger partial charge in [0.05, 0.1) is 5.56 Å². The van der Waals surface area contributed by atoms with Crippen LogP contribution in [0.4, 0.5) is 18.9 Å². The maximum absolute atomic E-state index is 12.4. The van der Waals surface area contributed by atoms with E-state index >= 15 is 0 Å². The summed E-state index contributed by atoms with van der Waals surface area (Å²) in [6.45, 7) is 1.86. The molecule has 0 aromatic heterocycles. The van der Waals surface area contributed by atoms with Gasteiger partial charge in [0.1, 0.15) is 11.5 Å². The van der Waals surface area contributed by atoms with Crippen molar-refractivity contribution in [3.05, 3.63) is 53.6 Å². The van der Waals surface area contributed by atoms with Crippen molar-refractivity contribution in [2.75, 3.05) is 5.73 Å². The molecular weight excluding hydrogens is 255 g/mol. The molecule has 0 heterocycles. The van der Waals surface area contributed by atoms with Crippen molar-refractivity contribution < 1.29 is 17.9 Å². The first-order valence-electron chi connectivity index (χ1n) is 5.57. The minimum Gasteiger partial charge on any atom is -0.457 e. The van der Waals surface area contributed by atoms with E-state index in [9.17, 15) is 13.2 Å². The molecule has 0 aliphatic heterocycles. The normalized spacial score (nSPS) is 11.4. The molecule has 19 heavy (non-hydrogen) atoms. The Balaban J connectivity index is 2.20. The predicted molar refractivity (Wildman–Crippen MR) is 67.1 cm³/mol. The zero-order chi connectivity index (χ0) is 14.0. The van der Waals surface area contributed by atoms with Crippen molar-refractivity contribution in [3.63, 3.8) is 0 Å². The average molecular weight is 267 g/mol. The van der Waals surface area contributed by atoms with Crippen LogP contribution in [0.2, 0.25) is 0 Å². The third-order valence-corrected chi connectivity index (χ3v) is 2.49. The number of aryl methyl sites for hydroxylation is 1. The molecule has 0 radical (unpaired) electrons. The van der Waals surface area contributed by atoms with Gasteiger partial charge in [-0.2, -0.15) is 13.2 Å². The van der Waals surface area contributed by atoms with Gasteiger partial charge < -0.3 is 10.5 Å². The van der Waals surface area contributed by atoms with E-state index < -0.39 is 11.7 Å². The summed E-state index contributed by atoms with van der Waals surface area (Å²) in [5.41, 5.74) is 6.42. The first-order chi connectivity index (χ1) is 8.84. The standard InChI is InChI=1S/C14H12F3NO/c1-9-6-11(18)8-13(7-9)19-12-4-2-10(3-5-12)14(15,16)17/h2-8H,18H2,1H3. The Morgan fingerprint density at radius 1 is 0.947 bits per heavy atom. The number of hydrogen-bond donors (Lipinski definition) is 1. The average Bonchev–Trinajstić information content (AvgIpc) is 2.26. The summed E-state index contributed by atoms with van der Waals surface area (Å²) in [4.78, 5) is 0. The fourth-order valence-corrected chi connectivity index (χ4v) is 1.68. The number of hydrogen-bond acceptors (Lipinski definition) is 2. The number of alkyl halides is 3. The van der Waals surface area contributed by atoms with E-state index in [4.69, 9.17) is 10.5 Å². The Morgan fingerprint density at radius 2 is 1.58 bits per heavy atom. The number of ether oxygens (including phenoxy) is 1. The van der Waals surface area contributed by atoms with Gasteiger partial charge in [0.25, 0.3) is 0 Å². The second-order valence-electron chi connectivity index (χ2n) is 4.20. The molecule has 2 nitrogen and oxygen atoms in total. The highest BCUT2D eigenvalue weighted by Crippen LogP contribution is 2.31. The van der Waals surface area contributed by atoms with Crippen LogP contribution in [0.3, 0.4) is 0 Å². The lowest BCUT2D eigenvalue weighted by Gasteiger charge is -2.10. The molecule has 0 amide bonds. The summed E-state index contributed by atoms with van der Waals surface area (Å²) in [5.74, 6) is 0.829. The van der Waals surface area contributed by atoms with E-state index in [0.717, 1.165) is 17.7 Å². The van der Waals surface area contributed by atoms with Gasteiger partial charge in [-0.25, -0.2) is 0 Å². The van der Waals surface area contributed by atoms with E-state index in [2.05, 4.69) is 0 Å². The van der Waals surface area contributed by atoms with Crippen LogP contribution in [0.5, 0.6) is 11.5 Å². The number of anilines is 1. The van der Waals surface area contributed by atoms with Crippen LogP contribution in [-0.2, 0) is 6.18 Å². The zero-order valence-electron chi connectivity index (χ0n) is 10.2. The lowest BCUT2D eigenvalue weighted by molar-refractivity contribution is -0.137. The van der Waals surface area contributed by atoms with E-state index in [1.54, 1.807) is 18.2 Å². The Bertz CT molecular complexity index is 556. The SMILES string of the molecule is Cc1cc(N)cc(Oc2ccc(C(F)(F)F)cc2)c1. The third-order valence-electron chi connectivity index (χ3n) is 2.49.